The van der Waals surface area contributed by atoms with Crippen molar-refractivity contribution in [1.82, 2.24) is 9.55 Å². The molecule has 0 unspecified atom stereocenters. The largest absolute Gasteiger partial charge is 0.478 e. The number of carboxylic acid groups (broad SMARTS) is 2. The lowest BCUT2D eigenvalue weighted by Crippen LogP contribution is -2.03. The summed E-state index contributed by atoms with van der Waals surface area (Å²) in [6, 6.07) is 5.50. The Balaban J connectivity index is 0.000000187. The Morgan fingerprint density at radius 3 is 2.50 bits per heavy atom. The number of hydrogen-bond donors (Lipinski definition) is 2. The quantitative estimate of drug-likeness (QED) is 0.528. The second-order valence-corrected chi connectivity index (χ2v) is 5.87. The molecule has 0 spiro atoms. The molecule has 0 saturated carbocycles. The molecular formula is C16H13N3O6S. The van der Waals surface area contributed by atoms with Gasteiger partial charge in [-0.15, -0.1) is 11.3 Å². The maximum Gasteiger partial charge on any atom is 0.335 e. The Hall–Kier alpha value is -3.53. The van der Waals surface area contributed by atoms with Gasteiger partial charge >= 0.3 is 17.6 Å². The lowest BCUT2D eigenvalue weighted by atomic mass is 10.1. The van der Waals surface area contributed by atoms with Gasteiger partial charge in [0.15, 0.2) is 5.00 Å². The second kappa shape index (κ2) is 8.03. The van der Waals surface area contributed by atoms with E-state index in [0.717, 1.165) is 6.07 Å². The van der Waals surface area contributed by atoms with Gasteiger partial charge in [0, 0.05) is 18.5 Å². The molecule has 2 N–H and O–H groups in total. The molecule has 0 atom stereocenters. The molecule has 9 nitrogen and oxygen atoms in total. The van der Waals surface area contributed by atoms with Crippen LogP contribution in [0.25, 0.3) is 5.00 Å². The zero-order valence-electron chi connectivity index (χ0n) is 13.4. The monoisotopic (exact) mass is 375 g/mol. The first-order chi connectivity index (χ1) is 12.3. The third-order valence-electron chi connectivity index (χ3n) is 3.28. The zero-order valence-corrected chi connectivity index (χ0v) is 14.2. The van der Waals surface area contributed by atoms with Crippen LogP contribution in [-0.2, 0) is 0 Å². The number of carboxylic acids is 2. The van der Waals surface area contributed by atoms with Crippen LogP contribution in [0.1, 0.15) is 26.3 Å². The van der Waals surface area contributed by atoms with Gasteiger partial charge in [-0.05, 0) is 30.0 Å². The lowest BCUT2D eigenvalue weighted by molar-refractivity contribution is -0.384. The first-order valence-electron chi connectivity index (χ1n) is 7.08. The molecule has 0 bridgehead atoms. The van der Waals surface area contributed by atoms with Crippen LogP contribution in [0.5, 0.6) is 0 Å². The summed E-state index contributed by atoms with van der Waals surface area (Å²) in [7, 11) is 0. The average Bonchev–Trinajstić information content (AvgIpc) is 3.26. The molecule has 0 aliphatic rings. The number of nitro groups is 1. The number of nitrogens with zero attached hydrogens (tertiary/aromatic N) is 3. The Bertz CT molecular complexity index is 949. The van der Waals surface area contributed by atoms with E-state index in [2.05, 4.69) is 4.98 Å². The number of thiophene rings is 1. The van der Waals surface area contributed by atoms with Crippen LogP contribution < -0.4 is 0 Å². The fourth-order valence-electron chi connectivity index (χ4n) is 1.99. The summed E-state index contributed by atoms with van der Waals surface area (Å²) in [4.78, 5) is 35.1. The van der Waals surface area contributed by atoms with Gasteiger partial charge in [-0.3, -0.25) is 14.7 Å². The molecule has 0 aliphatic carbocycles. The van der Waals surface area contributed by atoms with Crippen molar-refractivity contribution in [1.29, 1.82) is 0 Å². The Morgan fingerprint density at radius 1 is 1.23 bits per heavy atom. The highest BCUT2D eigenvalue weighted by Gasteiger charge is 2.15. The van der Waals surface area contributed by atoms with Crippen molar-refractivity contribution in [2.24, 2.45) is 0 Å². The predicted molar refractivity (Wildman–Crippen MR) is 93.2 cm³/mol. The Kier molecular flexibility index (Phi) is 5.81. The van der Waals surface area contributed by atoms with Gasteiger partial charge in [-0.25, -0.2) is 14.6 Å². The van der Waals surface area contributed by atoms with Crippen LogP contribution in [0.2, 0.25) is 0 Å². The molecule has 2 aromatic heterocycles. The van der Waals surface area contributed by atoms with Gasteiger partial charge in [0.25, 0.3) is 0 Å². The number of hydrogen-bond acceptors (Lipinski definition) is 6. The van der Waals surface area contributed by atoms with Crippen LogP contribution in [0.3, 0.4) is 0 Å². The first kappa shape index (κ1) is 18.8. The zero-order chi connectivity index (χ0) is 19.3. The summed E-state index contributed by atoms with van der Waals surface area (Å²) in [5, 5.41) is 30.1. The highest BCUT2D eigenvalue weighted by Crippen LogP contribution is 2.27. The van der Waals surface area contributed by atoms with Gasteiger partial charge in [-0.2, -0.15) is 0 Å². The maximum absolute atomic E-state index is 10.6. The summed E-state index contributed by atoms with van der Waals surface area (Å²) in [6.45, 7) is 1.62. The number of aryl methyl sites for hydroxylation is 1. The maximum atomic E-state index is 10.6. The molecule has 3 aromatic rings. The number of aromatic carboxylic acids is 2. The van der Waals surface area contributed by atoms with E-state index in [0.29, 0.717) is 10.6 Å². The first-order valence-corrected chi connectivity index (χ1v) is 7.96. The SMILES string of the molecule is Cc1ccc(C(=O)O)cc1C(=O)O.O=[N+]([O-])c1ccsc1-n1ccnc1. The predicted octanol–water partition coefficient (Wildman–Crippen LogP) is 3.23. The Labute approximate surface area is 150 Å². The molecule has 134 valence electrons. The molecule has 0 amide bonds. The molecule has 3 rings (SSSR count). The number of rotatable bonds is 4. The average molecular weight is 375 g/mol. The van der Waals surface area contributed by atoms with E-state index < -0.39 is 16.9 Å². The minimum absolute atomic E-state index is 0.0111. The number of imidazole rings is 1. The van der Waals surface area contributed by atoms with E-state index in [1.54, 1.807) is 35.6 Å². The van der Waals surface area contributed by atoms with Crippen molar-refractivity contribution in [2.45, 2.75) is 6.92 Å². The number of benzene rings is 1. The molecular weight excluding hydrogens is 362 g/mol. The summed E-state index contributed by atoms with van der Waals surface area (Å²) in [5.74, 6) is -2.23. The molecule has 0 saturated heterocycles. The second-order valence-electron chi connectivity index (χ2n) is 4.98. The molecule has 0 aliphatic heterocycles. The third-order valence-corrected chi connectivity index (χ3v) is 4.19. The van der Waals surface area contributed by atoms with Crippen molar-refractivity contribution in [3.05, 3.63) is 75.2 Å². The Morgan fingerprint density at radius 2 is 1.96 bits per heavy atom. The minimum atomic E-state index is -1.12. The molecule has 0 fully saturated rings. The van der Waals surface area contributed by atoms with Crippen molar-refractivity contribution >= 4 is 29.0 Å². The molecule has 26 heavy (non-hydrogen) atoms. The van der Waals surface area contributed by atoms with Gasteiger partial charge in [0.1, 0.15) is 0 Å². The fraction of sp³-hybridized carbons (Fsp3) is 0.0625. The van der Waals surface area contributed by atoms with Gasteiger partial charge in [0.2, 0.25) is 0 Å². The highest BCUT2D eigenvalue weighted by atomic mass is 32.1. The summed E-state index contributed by atoms with van der Waals surface area (Å²) >= 11 is 1.32. The minimum Gasteiger partial charge on any atom is -0.478 e. The molecule has 0 radical (unpaired) electrons. The standard InChI is InChI=1S/C9H8O4.C7H5N3O2S/c1-5-2-3-6(8(10)11)4-7(5)9(12)13;11-10(12)6-1-4-13-7(6)9-3-2-8-5-9/h2-4H,1H3,(H,10,11)(H,12,13);1-5H. The van der Waals surface area contributed by atoms with Gasteiger partial charge in [0.05, 0.1) is 22.4 Å². The fourth-order valence-corrected chi connectivity index (χ4v) is 2.81. The van der Waals surface area contributed by atoms with Crippen molar-refractivity contribution in [3.63, 3.8) is 0 Å². The van der Waals surface area contributed by atoms with Gasteiger partial charge < -0.3 is 10.2 Å². The van der Waals surface area contributed by atoms with Crippen LogP contribution in [-0.4, -0.2) is 36.6 Å². The summed E-state index contributed by atoms with van der Waals surface area (Å²) in [5.41, 5.74) is 0.684. The van der Waals surface area contributed by atoms with E-state index in [1.165, 1.54) is 29.5 Å². The normalized spacial score (nSPS) is 9.88. The number of aromatic nitrogens is 2. The smallest absolute Gasteiger partial charge is 0.335 e. The molecule has 1 aromatic carbocycles. The van der Waals surface area contributed by atoms with Gasteiger partial charge in [-0.1, -0.05) is 6.07 Å². The summed E-state index contributed by atoms with van der Waals surface area (Å²) in [6.07, 6.45) is 4.81. The van der Waals surface area contributed by atoms with Crippen LogP contribution in [0, 0.1) is 17.0 Å². The molecule has 10 heteroatoms. The van der Waals surface area contributed by atoms with Crippen molar-refractivity contribution in [3.8, 4) is 5.00 Å². The summed E-state index contributed by atoms with van der Waals surface area (Å²) < 4.78 is 1.63. The number of carbonyl (C=O) groups is 2. The highest BCUT2D eigenvalue weighted by molar-refractivity contribution is 7.13. The van der Waals surface area contributed by atoms with Crippen molar-refractivity contribution in [2.75, 3.05) is 0 Å². The van der Waals surface area contributed by atoms with E-state index in [9.17, 15) is 19.7 Å². The van der Waals surface area contributed by atoms with Crippen LogP contribution in [0.15, 0.2) is 48.4 Å². The van der Waals surface area contributed by atoms with E-state index >= 15 is 0 Å². The van der Waals surface area contributed by atoms with Crippen molar-refractivity contribution < 1.29 is 24.7 Å². The van der Waals surface area contributed by atoms with Crippen LogP contribution >= 0.6 is 11.3 Å². The third kappa shape index (κ3) is 4.30. The molecule has 2 heterocycles. The lowest BCUT2D eigenvalue weighted by Gasteiger charge is -2.01. The topological polar surface area (TPSA) is 136 Å². The van der Waals surface area contributed by atoms with E-state index in [-0.39, 0.29) is 16.8 Å². The van der Waals surface area contributed by atoms with E-state index in [4.69, 9.17) is 10.2 Å². The van der Waals surface area contributed by atoms with E-state index in [1.807, 2.05) is 0 Å². The van der Waals surface area contributed by atoms with Crippen LogP contribution in [0.4, 0.5) is 5.69 Å².